The highest BCUT2D eigenvalue weighted by Crippen LogP contribution is 2.08. The van der Waals surface area contributed by atoms with Crippen LogP contribution < -0.4 is 0 Å². The summed E-state index contributed by atoms with van der Waals surface area (Å²) in [7, 11) is -2.45. The second kappa shape index (κ2) is 6.26. The van der Waals surface area contributed by atoms with Crippen LogP contribution in [-0.2, 0) is 23.8 Å². The van der Waals surface area contributed by atoms with Crippen LogP contribution in [-0.4, -0.2) is 39.6 Å². The van der Waals surface area contributed by atoms with E-state index in [4.69, 9.17) is 0 Å². The summed E-state index contributed by atoms with van der Waals surface area (Å²) in [5.41, 5.74) is 0. The lowest BCUT2D eigenvalue weighted by Gasteiger charge is -2.12. The number of ether oxygens (including phenoxy) is 1. The number of hydrogen-bond donors (Lipinski definition) is 1. The molecule has 0 amide bonds. The van der Waals surface area contributed by atoms with Crippen LogP contribution in [0.5, 0.6) is 0 Å². The molecule has 0 spiro atoms. The molecule has 0 aromatic rings. The molecule has 1 unspecified atom stereocenters. The summed E-state index contributed by atoms with van der Waals surface area (Å²) in [6.07, 6.45) is 0.702. The summed E-state index contributed by atoms with van der Waals surface area (Å²) in [4.78, 5) is 11.1. The van der Waals surface area contributed by atoms with Crippen LogP contribution in [0, 0.1) is 0 Å². The number of esters is 1. The van der Waals surface area contributed by atoms with Gasteiger partial charge in [0, 0.05) is 0 Å². The molecular formula is C7H14O5S2. The van der Waals surface area contributed by atoms with E-state index in [1.165, 1.54) is 7.11 Å². The largest absolute Gasteiger partial charge is 0.467 e. The normalized spacial score (nSPS) is 13.6. The van der Waals surface area contributed by atoms with Crippen molar-refractivity contribution in [1.29, 1.82) is 0 Å². The number of carbonyl (C=O) groups is 1. The lowest BCUT2D eigenvalue weighted by molar-refractivity contribution is -0.148. The minimum atomic E-state index is -3.63. The second-order valence-electron chi connectivity index (χ2n) is 2.68. The van der Waals surface area contributed by atoms with Crippen molar-refractivity contribution in [2.45, 2.75) is 18.9 Å². The van der Waals surface area contributed by atoms with E-state index in [0.29, 0.717) is 12.2 Å². The minimum absolute atomic E-state index is 0.281. The number of hydrogen-bond acceptors (Lipinski definition) is 6. The molecule has 0 aliphatic carbocycles. The average molecular weight is 242 g/mol. The van der Waals surface area contributed by atoms with Crippen molar-refractivity contribution in [3.8, 4) is 0 Å². The highest BCUT2D eigenvalue weighted by atomic mass is 32.2. The first-order chi connectivity index (χ1) is 6.40. The summed E-state index contributed by atoms with van der Waals surface area (Å²) in [5.74, 6) is -0.127. The predicted molar refractivity (Wildman–Crippen MR) is 54.8 cm³/mol. The molecule has 84 valence electrons. The summed E-state index contributed by atoms with van der Waals surface area (Å²) in [5, 5.41) is 0. The topological polar surface area (TPSA) is 69.7 Å². The molecule has 0 N–H and O–H groups in total. The van der Waals surface area contributed by atoms with Gasteiger partial charge in [0.15, 0.2) is 6.10 Å². The summed E-state index contributed by atoms with van der Waals surface area (Å²) in [6.45, 7) is 0. The third-order valence-corrected chi connectivity index (χ3v) is 2.28. The summed E-state index contributed by atoms with van der Waals surface area (Å²) >= 11 is 3.95. The number of thiol groups is 1. The maximum absolute atomic E-state index is 11.1. The molecule has 14 heavy (non-hydrogen) atoms. The van der Waals surface area contributed by atoms with Crippen molar-refractivity contribution in [2.75, 3.05) is 19.1 Å². The molecule has 0 saturated heterocycles. The average Bonchev–Trinajstić information content (AvgIpc) is 2.09. The van der Waals surface area contributed by atoms with Gasteiger partial charge in [0.25, 0.3) is 10.1 Å². The number of methoxy groups -OCH3 is 1. The molecule has 0 radical (unpaired) electrons. The van der Waals surface area contributed by atoms with Crippen LogP contribution in [0.1, 0.15) is 12.8 Å². The van der Waals surface area contributed by atoms with E-state index in [9.17, 15) is 13.2 Å². The van der Waals surface area contributed by atoms with Crippen molar-refractivity contribution in [1.82, 2.24) is 0 Å². The Morgan fingerprint density at radius 1 is 1.50 bits per heavy atom. The Morgan fingerprint density at radius 3 is 2.43 bits per heavy atom. The fourth-order valence-electron chi connectivity index (χ4n) is 0.824. The lowest BCUT2D eigenvalue weighted by Crippen LogP contribution is -2.28. The van der Waals surface area contributed by atoms with Gasteiger partial charge in [-0.05, 0) is 18.6 Å². The highest BCUT2D eigenvalue weighted by molar-refractivity contribution is 7.86. The highest BCUT2D eigenvalue weighted by Gasteiger charge is 2.23. The molecule has 0 rings (SSSR count). The van der Waals surface area contributed by atoms with Gasteiger partial charge in [0.2, 0.25) is 0 Å². The lowest BCUT2D eigenvalue weighted by atomic mass is 10.2. The van der Waals surface area contributed by atoms with E-state index < -0.39 is 22.2 Å². The zero-order valence-corrected chi connectivity index (χ0v) is 9.81. The van der Waals surface area contributed by atoms with Gasteiger partial charge in [-0.1, -0.05) is 0 Å². The van der Waals surface area contributed by atoms with Gasteiger partial charge in [-0.2, -0.15) is 21.0 Å². The van der Waals surface area contributed by atoms with Crippen LogP contribution in [0.3, 0.4) is 0 Å². The summed E-state index contributed by atoms with van der Waals surface area (Å²) in [6, 6.07) is 0. The molecular weight excluding hydrogens is 228 g/mol. The first-order valence-corrected chi connectivity index (χ1v) is 6.42. The van der Waals surface area contributed by atoms with Gasteiger partial charge in [0.1, 0.15) is 0 Å². The fourth-order valence-corrected chi connectivity index (χ4v) is 1.60. The smallest absolute Gasteiger partial charge is 0.336 e. The first-order valence-electron chi connectivity index (χ1n) is 3.97. The van der Waals surface area contributed by atoms with Crippen molar-refractivity contribution < 1.29 is 22.1 Å². The molecule has 0 saturated carbocycles. The Hall–Kier alpha value is -0.270. The summed E-state index contributed by atoms with van der Waals surface area (Å²) < 4.78 is 30.5. The van der Waals surface area contributed by atoms with Gasteiger partial charge < -0.3 is 4.74 Å². The minimum Gasteiger partial charge on any atom is -0.467 e. The van der Waals surface area contributed by atoms with Crippen LogP contribution in [0.2, 0.25) is 0 Å². The van der Waals surface area contributed by atoms with Crippen molar-refractivity contribution in [3.05, 3.63) is 0 Å². The van der Waals surface area contributed by atoms with Crippen molar-refractivity contribution >= 4 is 28.7 Å². The maximum atomic E-state index is 11.1. The van der Waals surface area contributed by atoms with E-state index in [1.54, 1.807) is 0 Å². The van der Waals surface area contributed by atoms with Gasteiger partial charge in [0.05, 0.1) is 13.4 Å². The van der Waals surface area contributed by atoms with E-state index >= 15 is 0 Å². The third kappa shape index (κ3) is 6.22. The van der Waals surface area contributed by atoms with Gasteiger partial charge in [-0.3, -0.25) is 4.18 Å². The Kier molecular flexibility index (Phi) is 6.14. The standard InChI is InChI=1S/C7H14O5S2/c1-11-7(8)6(4-3-5-13)12-14(2,9)10/h6,13H,3-5H2,1-2H3. The molecule has 0 bridgehead atoms. The van der Waals surface area contributed by atoms with E-state index in [1.807, 2.05) is 0 Å². The van der Waals surface area contributed by atoms with E-state index in [-0.39, 0.29) is 6.42 Å². The van der Waals surface area contributed by atoms with Gasteiger partial charge in [-0.15, -0.1) is 0 Å². The predicted octanol–water partition coefficient (Wildman–Crippen LogP) is 0.214. The maximum Gasteiger partial charge on any atom is 0.336 e. The monoisotopic (exact) mass is 242 g/mol. The third-order valence-electron chi connectivity index (χ3n) is 1.38. The quantitative estimate of drug-likeness (QED) is 0.410. The molecule has 0 aromatic carbocycles. The molecule has 0 aliphatic heterocycles. The molecule has 0 aromatic heterocycles. The molecule has 0 fully saturated rings. The van der Waals surface area contributed by atoms with E-state index in [2.05, 4.69) is 21.5 Å². The zero-order chi connectivity index (χ0) is 11.2. The first kappa shape index (κ1) is 13.7. The fraction of sp³-hybridized carbons (Fsp3) is 0.857. The SMILES string of the molecule is COC(=O)C(CCCS)OS(C)(=O)=O. The van der Waals surface area contributed by atoms with E-state index in [0.717, 1.165) is 6.26 Å². The van der Waals surface area contributed by atoms with Crippen molar-refractivity contribution in [2.24, 2.45) is 0 Å². The Balaban J connectivity index is 4.32. The number of carbonyl (C=O) groups excluding carboxylic acids is 1. The van der Waals surface area contributed by atoms with Crippen molar-refractivity contribution in [3.63, 3.8) is 0 Å². The molecule has 7 heteroatoms. The zero-order valence-electron chi connectivity index (χ0n) is 8.10. The number of rotatable bonds is 6. The molecule has 5 nitrogen and oxygen atoms in total. The van der Waals surface area contributed by atoms with Crippen LogP contribution in [0.25, 0.3) is 0 Å². The Bertz CT molecular complexity index is 272. The molecule has 1 atom stereocenters. The second-order valence-corrected chi connectivity index (χ2v) is 4.73. The Labute approximate surface area is 89.3 Å². The Morgan fingerprint density at radius 2 is 2.07 bits per heavy atom. The van der Waals surface area contributed by atoms with Gasteiger partial charge >= 0.3 is 5.97 Å². The van der Waals surface area contributed by atoms with Crippen LogP contribution in [0.4, 0.5) is 0 Å². The van der Waals surface area contributed by atoms with Gasteiger partial charge in [-0.25, -0.2) is 4.79 Å². The van der Waals surface area contributed by atoms with Crippen LogP contribution in [0.15, 0.2) is 0 Å². The molecule has 0 heterocycles. The van der Waals surface area contributed by atoms with Crippen LogP contribution >= 0.6 is 12.6 Å². The molecule has 0 aliphatic rings.